The van der Waals surface area contributed by atoms with Crippen molar-refractivity contribution in [2.45, 2.75) is 19.8 Å². The monoisotopic (exact) mass is 214 g/mol. The van der Waals surface area contributed by atoms with E-state index in [-0.39, 0.29) is 12.5 Å². The predicted molar refractivity (Wildman–Crippen MR) is 59.6 cm³/mol. The first-order valence-electron chi connectivity index (χ1n) is 5.74. The number of aliphatic hydroxyl groups excluding tert-OH is 1. The second kappa shape index (κ2) is 6.08. The standard InChI is InChI=1S/C11H22N2O2/c1-3-12(2)8-11(15)13-6-4-10(9-14)5-7-13/h10,14H,3-9H2,1-2H3. The van der Waals surface area contributed by atoms with Crippen LogP contribution in [0.2, 0.25) is 0 Å². The average molecular weight is 214 g/mol. The lowest BCUT2D eigenvalue weighted by Gasteiger charge is -2.32. The molecule has 0 spiro atoms. The highest BCUT2D eigenvalue weighted by Gasteiger charge is 2.22. The van der Waals surface area contributed by atoms with Gasteiger partial charge in [0.05, 0.1) is 6.54 Å². The topological polar surface area (TPSA) is 43.8 Å². The minimum Gasteiger partial charge on any atom is -0.396 e. The van der Waals surface area contributed by atoms with Crippen molar-refractivity contribution >= 4 is 5.91 Å². The molecule has 0 aromatic rings. The molecule has 1 rings (SSSR count). The van der Waals surface area contributed by atoms with Crippen molar-refractivity contribution < 1.29 is 9.90 Å². The largest absolute Gasteiger partial charge is 0.396 e. The lowest BCUT2D eigenvalue weighted by molar-refractivity contribution is -0.133. The quantitative estimate of drug-likeness (QED) is 0.725. The summed E-state index contributed by atoms with van der Waals surface area (Å²) in [5.41, 5.74) is 0. The number of aliphatic hydroxyl groups is 1. The fraction of sp³-hybridized carbons (Fsp3) is 0.909. The number of carbonyl (C=O) groups excluding carboxylic acids is 1. The SMILES string of the molecule is CCN(C)CC(=O)N1CCC(CO)CC1. The molecule has 1 saturated heterocycles. The molecule has 0 radical (unpaired) electrons. The second-order valence-corrected chi connectivity index (χ2v) is 4.34. The minimum atomic E-state index is 0.218. The van der Waals surface area contributed by atoms with Gasteiger partial charge in [-0.2, -0.15) is 0 Å². The fourth-order valence-corrected chi connectivity index (χ4v) is 1.81. The number of hydrogen-bond donors (Lipinski definition) is 1. The van der Waals surface area contributed by atoms with E-state index in [1.807, 2.05) is 23.8 Å². The van der Waals surface area contributed by atoms with Crippen molar-refractivity contribution in [2.75, 3.05) is 39.8 Å². The van der Waals surface area contributed by atoms with Gasteiger partial charge in [-0.25, -0.2) is 0 Å². The molecule has 88 valence electrons. The van der Waals surface area contributed by atoms with Crippen molar-refractivity contribution in [3.8, 4) is 0 Å². The first kappa shape index (κ1) is 12.5. The Hall–Kier alpha value is -0.610. The van der Waals surface area contributed by atoms with Crippen LogP contribution in [0.15, 0.2) is 0 Å². The van der Waals surface area contributed by atoms with E-state index >= 15 is 0 Å². The summed E-state index contributed by atoms with van der Waals surface area (Å²) in [7, 11) is 1.96. The minimum absolute atomic E-state index is 0.218. The van der Waals surface area contributed by atoms with Gasteiger partial charge in [0, 0.05) is 19.7 Å². The number of rotatable bonds is 4. The molecule has 1 fully saturated rings. The van der Waals surface area contributed by atoms with Crippen molar-refractivity contribution in [2.24, 2.45) is 5.92 Å². The van der Waals surface area contributed by atoms with Crippen LogP contribution in [0.1, 0.15) is 19.8 Å². The number of likely N-dealkylation sites (tertiary alicyclic amines) is 1. The van der Waals surface area contributed by atoms with E-state index in [4.69, 9.17) is 5.11 Å². The summed E-state index contributed by atoms with van der Waals surface area (Å²) in [6.45, 7) is 5.34. The lowest BCUT2D eigenvalue weighted by Crippen LogP contribution is -2.43. The van der Waals surface area contributed by atoms with Crippen LogP contribution in [0.25, 0.3) is 0 Å². The van der Waals surface area contributed by atoms with Crippen molar-refractivity contribution in [1.82, 2.24) is 9.80 Å². The molecule has 0 aromatic carbocycles. The molecule has 0 atom stereocenters. The third-order valence-corrected chi connectivity index (χ3v) is 3.17. The fourth-order valence-electron chi connectivity index (χ4n) is 1.81. The number of carbonyl (C=O) groups is 1. The molecular formula is C11H22N2O2. The number of piperidine rings is 1. The van der Waals surface area contributed by atoms with Gasteiger partial charge in [0.1, 0.15) is 0 Å². The van der Waals surface area contributed by atoms with Gasteiger partial charge < -0.3 is 10.0 Å². The highest BCUT2D eigenvalue weighted by Crippen LogP contribution is 2.16. The van der Waals surface area contributed by atoms with Crippen molar-refractivity contribution in [3.63, 3.8) is 0 Å². The molecule has 1 amide bonds. The molecule has 1 heterocycles. The highest BCUT2D eigenvalue weighted by atomic mass is 16.3. The summed E-state index contributed by atoms with van der Waals surface area (Å²) in [5.74, 6) is 0.619. The van der Waals surface area contributed by atoms with E-state index in [1.54, 1.807) is 0 Å². The van der Waals surface area contributed by atoms with Gasteiger partial charge in [-0.15, -0.1) is 0 Å². The smallest absolute Gasteiger partial charge is 0.236 e. The molecule has 4 heteroatoms. The van der Waals surface area contributed by atoms with Crippen molar-refractivity contribution in [1.29, 1.82) is 0 Å². The van der Waals surface area contributed by atoms with E-state index in [9.17, 15) is 4.79 Å². The molecule has 0 bridgehead atoms. The molecule has 1 N–H and O–H groups in total. The molecule has 1 aliphatic rings. The lowest BCUT2D eigenvalue weighted by atomic mass is 9.98. The Kier molecular flexibility index (Phi) is 5.05. The van der Waals surface area contributed by atoms with Crippen LogP contribution in [-0.2, 0) is 4.79 Å². The molecule has 1 aliphatic heterocycles. The maximum absolute atomic E-state index is 11.8. The van der Waals surface area contributed by atoms with Gasteiger partial charge in [0.15, 0.2) is 0 Å². The van der Waals surface area contributed by atoms with Crippen LogP contribution in [0.5, 0.6) is 0 Å². The highest BCUT2D eigenvalue weighted by molar-refractivity contribution is 5.78. The van der Waals surface area contributed by atoms with Crippen LogP contribution in [0.3, 0.4) is 0 Å². The Morgan fingerprint density at radius 3 is 2.53 bits per heavy atom. The second-order valence-electron chi connectivity index (χ2n) is 4.34. The van der Waals surface area contributed by atoms with E-state index < -0.39 is 0 Å². The van der Waals surface area contributed by atoms with Gasteiger partial charge in [-0.1, -0.05) is 6.92 Å². The van der Waals surface area contributed by atoms with Crippen LogP contribution in [0, 0.1) is 5.92 Å². The number of likely N-dealkylation sites (N-methyl/N-ethyl adjacent to an activating group) is 1. The summed E-state index contributed by atoms with van der Waals surface area (Å²) < 4.78 is 0. The van der Waals surface area contributed by atoms with Gasteiger partial charge >= 0.3 is 0 Å². The predicted octanol–water partition coefficient (Wildman–Crippen LogP) is 0.169. The van der Waals surface area contributed by atoms with Crippen LogP contribution in [-0.4, -0.2) is 60.6 Å². The third-order valence-electron chi connectivity index (χ3n) is 3.17. The zero-order valence-corrected chi connectivity index (χ0v) is 9.78. The summed E-state index contributed by atoms with van der Waals surface area (Å²) in [6.07, 6.45) is 1.89. The van der Waals surface area contributed by atoms with Crippen LogP contribution >= 0.6 is 0 Å². The summed E-state index contributed by atoms with van der Waals surface area (Å²) in [4.78, 5) is 15.7. The third kappa shape index (κ3) is 3.80. The summed E-state index contributed by atoms with van der Waals surface area (Å²) in [5, 5.41) is 8.99. The van der Waals surface area contributed by atoms with E-state index in [0.717, 1.165) is 32.5 Å². The van der Waals surface area contributed by atoms with Crippen LogP contribution in [0.4, 0.5) is 0 Å². The maximum Gasteiger partial charge on any atom is 0.236 e. The van der Waals surface area contributed by atoms with Gasteiger partial charge in [-0.3, -0.25) is 9.69 Å². The Morgan fingerprint density at radius 2 is 2.07 bits per heavy atom. The molecule has 4 nitrogen and oxygen atoms in total. The Bertz CT molecular complexity index is 201. The maximum atomic E-state index is 11.8. The first-order valence-corrected chi connectivity index (χ1v) is 5.74. The molecule has 0 aliphatic carbocycles. The summed E-state index contributed by atoms with van der Waals surface area (Å²) >= 11 is 0. The first-order chi connectivity index (χ1) is 7.17. The van der Waals surface area contributed by atoms with Crippen LogP contribution < -0.4 is 0 Å². The molecule has 0 unspecified atom stereocenters. The number of nitrogens with zero attached hydrogens (tertiary/aromatic N) is 2. The Morgan fingerprint density at radius 1 is 1.47 bits per heavy atom. The number of amides is 1. The van der Waals surface area contributed by atoms with E-state index in [2.05, 4.69) is 0 Å². The zero-order valence-electron chi connectivity index (χ0n) is 9.78. The van der Waals surface area contributed by atoms with Gasteiger partial charge in [0.25, 0.3) is 0 Å². The molecule has 0 saturated carbocycles. The van der Waals surface area contributed by atoms with E-state index in [1.165, 1.54) is 0 Å². The molecule has 15 heavy (non-hydrogen) atoms. The van der Waals surface area contributed by atoms with Crippen molar-refractivity contribution in [3.05, 3.63) is 0 Å². The van der Waals surface area contributed by atoms with E-state index in [0.29, 0.717) is 12.5 Å². The Labute approximate surface area is 91.9 Å². The van der Waals surface area contributed by atoms with Gasteiger partial charge in [0.2, 0.25) is 5.91 Å². The van der Waals surface area contributed by atoms with Gasteiger partial charge in [-0.05, 0) is 32.4 Å². The summed E-state index contributed by atoms with van der Waals surface area (Å²) in [6, 6.07) is 0. The molecular weight excluding hydrogens is 192 g/mol. The Balaban J connectivity index is 2.30. The zero-order chi connectivity index (χ0) is 11.3. The normalized spacial score (nSPS) is 18.5. The average Bonchev–Trinajstić information content (AvgIpc) is 2.29. The molecule has 0 aromatic heterocycles. The number of hydrogen-bond acceptors (Lipinski definition) is 3.